The van der Waals surface area contributed by atoms with E-state index >= 15 is 0 Å². The molecule has 1 radical (unpaired) electrons. The average molecular weight is 215 g/mol. The number of rotatable bonds is 0. The lowest BCUT2D eigenvalue weighted by Gasteiger charge is -2.21. The van der Waals surface area contributed by atoms with Crippen LogP contribution in [0.5, 0.6) is 0 Å². The minimum atomic E-state index is -4.30. The molecule has 0 aliphatic carbocycles. The van der Waals surface area contributed by atoms with Gasteiger partial charge in [-0.05, 0) is 35.6 Å². The maximum Gasteiger partial charge on any atom is 0.416 e. The summed E-state index contributed by atoms with van der Waals surface area (Å²) in [5, 5.41) is 0. The summed E-state index contributed by atoms with van der Waals surface area (Å²) in [5.41, 5.74) is 0.130. The zero-order valence-corrected chi connectivity index (χ0v) is 9.07. The van der Waals surface area contributed by atoms with Crippen LogP contribution in [0, 0.1) is 6.92 Å². The van der Waals surface area contributed by atoms with Crippen molar-refractivity contribution in [1.29, 1.82) is 0 Å². The number of benzene rings is 1. The van der Waals surface area contributed by atoms with E-state index in [1.807, 2.05) is 20.8 Å². The summed E-state index contributed by atoms with van der Waals surface area (Å²) >= 11 is 0. The van der Waals surface area contributed by atoms with Gasteiger partial charge in [0.2, 0.25) is 0 Å². The van der Waals surface area contributed by atoms with Crippen molar-refractivity contribution in [2.24, 2.45) is 0 Å². The Morgan fingerprint density at radius 3 is 1.80 bits per heavy atom. The zero-order valence-electron chi connectivity index (χ0n) is 9.07. The lowest BCUT2D eigenvalue weighted by atomic mass is 9.85. The molecular weight excluding hydrogens is 201 g/mol. The predicted octanol–water partition coefficient (Wildman–Crippen LogP) is 4.19. The summed E-state index contributed by atoms with van der Waals surface area (Å²) in [4.78, 5) is 0. The van der Waals surface area contributed by atoms with Gasteiger partial charge in [-0.25, -0.2) is 0 Å². The monoisotopic (exact) mass is 215 g/mol. The van der Waals surface area contributed by atoms with Gasteiger partial charge in [-0.1, -0.05) is 26.8 Å². The molecule has 3 heteroatoms. The van der Waals surface area contributed by atoms with Gasteiger partial charge >= 0.3 is 6.18 Å². The first-order valence-corrected chi connectivity index (χ1v) is 4.65. The highest BCUT2D eigenvalue weighted by Crippen LogP contribution is 2.33. The van der Waals surface area contributed by atoms with Crippen LogP contribution in [0.15, 0.2) is 18.2 Å². The van der Waals surface area contributed by atoms with E-state index in [2.05, 4.69) is 6.92 Å². The molecule has 0 aliphatic rings. The Morgan fingerprint density at radius 1 is 0.933 bits per heavy atom. The van der Waals surface area contributed by atoms with E-state index in [0.29, 0.717) is 11.1 Å². The molecule has 0 saturated heterocycles. The Hall–Kier alpha value is -0.990. The van der Waals surface area contributed by atoms with Crippen LogP contribution in [-0.2, 0) is 11.6 Å². The lowest BCUT2D eigenvalue weighted by molar-refractivity contribution is -0.137. The van der Waals surface area contributed by atoms with E-state index in [1.165, 1.54) is 6.07 Å². The first kappa shape index (κ1) is 12.1. The largest absolute Gasteiger partial charge is 0.416 e. The molecule has 83 valence electrons. The van der Waals surface area contributed by atoms with Gasteiger partial charge in [0.15, 0.2) is 0 Å². The summed E-state index contributed by atoms with van der Waals surface area (Å²) in [6, 6.07) is 3.94. The molecule has 0 spiro atoms. The third-order valence-corrected chi connectivity index (χ3v) is 2.19. The van der Waals surface area contributed by atoms with Gasteiger partial charge in [-0.2, -0.15) is 13.2 Å². The molecule has 0 bridgehead atoms. The summed E-state index contributed by atoms with van der Waals surface area (Å²) in [7, 11) is 0. The fraction of sp³-hybridized carbons (Fsp3) is 0.417. The second kappa shape index (κ2) is 3.54. The fourth-order valence-electron chi connectivity index (χ4n) is 1.29. The summed E-state index contributed by atoms with van der Waals surface area (Å²) in [6.07, 6.45) is -4.30. The number of alkyl halides is 3. The van der Waals surface area contributed by atoms with Crippen molar-refractivity contribution in [3.8, 4) is 0 Å². The molecule has 0 unspecified atom stereocenters. The van der Waals surface area contributed by atoms with E-state index in [-0.39, 0.29) is 5.41 Å². The fourth-order valence-corrected chi connectivity index (χ4v) is 1.29. The molecule has 0 aliphatic heterocycles. The van der Waals surface area contributed by atoms with Crippen LogP contribution in [0.3, 0.4) is 0 Å². The summed E-state index contributed by atoms with van der Waals surface area (Å²) in [5.74, 6) is 0. The first-order chi connectivity index (χ1) is 6.60. The molecule has 0 amide bonds. The van der Waals surface area contributed by atoms with E-state index in [1.54, 1.807) is 6.07 Å². The highest BCUT2D eigenvalue weighted by molar-refractivity contribution is 5.36. The first-order valence-electron chi connectivity index (χ1n) is 4.65. The Kier molecular flexibility index (Phi) is 2.85. The Bertz CT molecular complexity index is 324. The van der Waals surface area contributed by atoms with Crippen molar-refractivity contribution >= 4 is 0 Å². The number of hydrogen-bond acceptors (Lipinski definition) is 0. The molecule has 0 saturated carbocycles. The third-order valence-electron chi connectivity index (χ3n) is 2.19. The van der Waals surface area contributed by atoms with Crippen LogP contribution in [0.25, 0.3) is 0 Å². The van der Waals surface area contributed by atoms with Crippen molar-refractivity contribution in [3.63, 3.8) is 0 Å². The van der Waals surface area contributed by atoms with Gasteiger partial charge < -0.3 is 0 Å². The molecule has 0 N–H and O–H groups in total. The molecule has 0 aromatic heterocycles. The van der Waals surface area contributed by atoms with Crippen molar-refractivity contribution < 1.29 is 13.2 Å². The van der Waals surface area contributed by atoms with Crippen molar-refractivity contribution in [3.05, 3.63) is 41.8 Å². The minimum Gasteiger partial charge on any atom is -0.166 e. The molecule has 0 nitrogen and oxygen atoms in total. The molecular formula is C12H14F3. The van der Waals surface area contributed by atoms with Gasteiger partial charge in [0, 0.05) is 0 Å². The lowest BCUT2D eigenvalue weighted by Crippen LogP contribution is -2.14. The van der Waals surface area contributed by atoms with Crippen LogP contribution in [0.1, 0.15) is 37.5 Å². The predicted molar refractivity (Wildman–Crippen MR) is 54.6 cm³/mol. The SMILES string of the molecule is [CH2]c1cc(C(C)(C)C)cc(C(F)(F)F)c1. The Labute approximate surface area is 88.1 Å². The van der Waals surface area contributed by atoms with Gasteiger partial charge in [-0.15, -0.1) is 0 Å². The quantitative estimate of drug-likeness (QED) is 0.608. The van der Waals surface area contributed by atoms with Crippen LogP contribution >= 0.6 is 0 Å². The van der Waals surface area contributed by atoms with Crippen molar-refractivity contribution in [2.45, 2.75) is 32.4 Å². The standard InChI is InChI=1S/C12H14F3/c1-8-5-9(11(2,3)4)7-10(6-8)12(13,14)15/h5-7H,1H2,2-4H3. The minimum absolute atomic E-state index is 0.298. The van der Waals surface area contributed by atoms with Crippen molar-refractivity contribution in [1.82, 2.24) is 0 Å². The highest BCUT2D eigenvalue weighted by atomic mass is 19.4. The molecule has 1 aromatic rings. The second-order valence-corrected chi connectivity index (χ2v) is 4.67. The van der Waals surface area contributed by atoms with Crippen LogP contribution in [-0.4, -0.2) is 0 Å². The molecule has 0 atom stereocenters. The van der Waals surface area contributed by atoms with Crippen LogP contribution < -0.4 is 0 Å². The van der Waals surface area contributed by atoms with E-state index < -0.39 is 11.7 Å². The Balaban J connectivity index is 3.30. The maximum absolute atomic E-state index is 12.5. The number of halogens is 3. The highest BCUT2D eigenvalue weighted by Gasteiger charge is 2.31. The third kappa shape index (κ3) is 2.98. The maximum atomic E-state index is 12.5. The van der Waals surface area contributed by atoms with Gasteiger partial charge in [0.05, 0.1) is 5.56 Å². The van der Waals surface area contributed by atoms with E-state index in [9.17, 15) is 13.2 Å². The normalized spacial score (nSPS) is 13.0. The number of hydrogen-bond donors (Lipinski definition) is 0. The van der Waals surface area contributed by atoms with Gasteiger partial charge in [0.1, 0.15) is 0 Å². The summed E-state index contributed by atoms with van der Waals surface area (Å²) in [6.45, 7) is 9.20. The van der Waals surface area contributed by atoms with Gasteiger partial charge in [-0.3, -0.25) is 0 Å². The van der Waals surface area contributed by atoms with Crippen LogP contribution in [0.4, 0.5) is 13.2 Å². The van der Waals surface area contributed by atoms with E-state index in [4.69, 9.17) is 0 Å². The molecule has 0 fully saturated rings. The van der Waals surface area contributed by atoms with Crippen LogP contribution in [0.2, 0.25) is 0 Å². The van der Waals surface area contributed by atoms with Crippen molar-refractivity contribution in [2.75, 3.05) is 0 Å². The topological polar surface area (TPSA) is 0 Å². The second-order valence-electron chi connectivity index (χ2n) is 4.67. The molecule has 1 aromatic carbocycles. The Morgan fingerprint density at radius 2 is 1.40 bits per heavy atom. The summed E-state index contributed by atoms with van der Waals surface area (Å²) < 4.78 is 37.5. The molecule has 15 heavy (non-hydrogen) atoms. The average Bonchev–Trinajstić information content (AvgIpc) is 1.99. The molecule has 0 heterocycles. The molecule has 1 rings (SSSR count). The smallest absolute Gasteiger partial charge is 0.166 e. The van der Waals surface area contributed by atoms with Gasteiger partial charge in [0.25, 0.3) is 0 Å². The van der Waals surface area contributed by atoms with E-state index in [0.717, 1.165) is 6.07 Å². The zero-order chi connectivity index (χ0) is 11.9.